The number of aliphatic hydroxyl groups is 1. The molecule has 22 heavy (non-hydrogen) atoms. The topological polar surface area (TPSA) is 49.3 Å². The fourth-order valence-electron chi connectivity index (χ4n) is 1.95. The molecule has 0 bridgehead atoms. The van der Waals surface area contributed by atoms with Gasteiger partial charge in [0, 0.05) is 16.5 Å². The molecule has 1 unspecified atom stereocenters. The fraction of sp³-hybridized carbons (Fsp3) is 0.214. The maximum atomic E-state index is 12.8. The molecule has 1 aromatic carbocycles. The van der Waals surface area contributed by atoms with Crippen LogP contribution in [-0.4, -0.2) is 24.5 Å². The van der Waals surface area contributed by atoms with Crippen molar-refractivity contribution in [3.05, 3.63) is 52.8 Å². The Kier molecular flexibility index (Phi) is 4.85. The number of hydrogen-bond acceptors (Lipinski definition) is 2. The Hall–Kier alpha value is -1.89. The molecule has 3 nitrogen and oxygen atoms in total. The van der Waals surface area contributed by atoms with Crippen LogP contribution in [0.1, 0.15) is 0 Å². The van der Waals surface area contributed by atoms with Crippen LogP contribution >= 0.6 is 11.6 Å². The predicted molar refractivity (Wildman–Crippen MR) is 79.2 cm³/mol. The average molecular weight is 329 g/mol. The summed E-state index contributed by atoms with van der Waals surface area (Å²) < 4.78 is 38.5. The molecule has 2 N–H and O–H groups in total. The summed E-state index contributed by atoms with van der Waals surface area (Å²) >= 11 is 5.77. The maximum absolute atomic E-state index is 12.8. The minimum absolute atomic E-state index is 0.0829. The van der Waals surface area contributed by atoms with Gasteiger partial charge in [-0.3, -0.25) is 4.79 Å². The summed E-state index contributed by atoms with van der Waals surface area (Å²) in [5.41, 5.74) is -0.0981. The van der Waals surface area contributed by atoms with Crippen molar-refractivity contribution < 1.29 is 23.1 Å². The molecule has 0 spiro atoms. The Labute approximate surface area is 130 Å². The van der Waals surface area contributed by atoms with E-state index in [2.05, 4.69) is 5.32 Å². The lowest BCUT2D eigenvalue weighted by Crippen LogP contribution is -2.22. The van der Waals surface area contributed by atoms with Gasteiger partial charge in [-0.1, -0.05) is 30.1 Å². The number of hydrogen-bond donors (Lipinski definition) is 2. The molecule has 1 aliphatic rings. The van der Waals surface area contributed by atoms with Crippen molar-refractivity contribution in [1.29, 1.82) is 0 Å². The van der Waals surface area contributed by atoms with Gasteiger partial charge in [-0.15, -0.1) is 0 Å². The van der Waals surface area contributed by atoms with E-state index >= 15 is 0 Å². The number of rotatable bonds is 2. The van der Waals surface area contributed by atoms with E-state index in [0.717, 1.165) is 13.4 Å². The number of aliphatic hydroxyl groups excluding tert-OH is 1. The Balaban J connectivity index is 2.26. The summed E-state index contributed by atoms with van der Waals surface area (Å²) in [6.07, 6.45) is -2.73. The molecule has 1 aliphatic heterocycles. The molecule has 0 saturated carbocycles. The Morgan fingerprint density at radius 3 is 2.77 bits per heavy atom. The monoisotopic (exact) mass is 328 g/mol. The van der Waals surface area contributed by atoms with Crippen LogP contribution < -0.4 is 5.32 Å². The van der Waals surface area contributed by atoms with Crippen molar-refractivity contribution in [3.8, 4) is 0 Å². The van der Waals surface area contributed by atoms with Gasteiger partial charge in [0.1, 0.15) is 13.0 Å². The SMILES string of the molecule is O=C(Nc1cccc(Cl)c1)C1=CC(C(F)(F)F)[B]CC=C1O. The molecule has 1 aromatic rings. The molecule has 2 rings (SSSR count). The molecular weight excluding hydrogens is 317 g/mol. The summed E-state index contributed by atoms with van der Waals surface area (Å²) in [5, 5.41) is 12.5. The summed E-state index contributed by atoms with van der Waals surface area (Å²) in [7, 11) is 0.982. The van der Waals surface area contributed by atoms with Gasteiger partial charge in [0.2, 0.25) is 0 Å². The Morgan fingerprint density at radius 1 is 1.41 bits per heavy atom. The zero-order chi connectivity index (χ0) is 16.3. The number of allylic oxidation sites excluding steroid dienone is 2. The molecule has 1 heterocycles. The van der Waals surface area contributed by atoms with Crippen molar-refractivity contribution in [1.82, 2.24) is 0 Å². The van der Waals surface area contributed by atoms with Crippen LogP contribution in [-0.2, 0) is 4.79 Å². The number of benzene rings is 1. The summed E-state index contributed by atoms with van der Waals surface area (Å²) in [4.78, 5) is 12.1. The van der Waals surface area contributed by atoms with Gasteiger partial charge in [-0.05, 0) is 24.3 Å². The van der Waals surface area contributed by atoms with Crippen molar-refractivity contribution >= 4 is 30.5 Å². The Bertz CT molecular complexity index is 643. The highest BCUT2D eigenvalue weighted by Crippen LogP contribution is 2.35. The average Bonchev–Trinajstić information content (AvgIpc) is 2.60. The molecule has 1 amide bonds. The normalized spacial score (nSPS) is 18.6. The fourth-order valence-corrected chi connectivity index (χ4v) is 2.14. The van der Waals surface area contributed by atoms with Gasteiger partial charge in [-0.25, -0.2) is 0 Å². The lowest BCUT2D eigenvalue weighted by molar-refractivity contribution is -0.124. The van der Waals surface area contributed by atoms with Gasteiger partial charge < -0.3 is 10.4 Å². The van der Waals surface area contributed by atoms with E-state index in [1.807, 2.05) is 0 Å². The number of carbonyl (C=O) groups excluding carboxylic acids is 1. The molecule has 0 aliphatic carbocycles. The van der Waals surface area contributed by atoms with E-state index in [1.165, 1.54) is 12.1 Å². The smallest absolute Gasteiger partial charge is 0.388 e. The molecule has 115 valence electrons. The number of nitrogens with one attached hydrogen (secondary N) is 1. The second-order valence-electron chi connectivity index (χ2n) is 4.67. The van der Waals surface area contributed by atoms with Gasteiger partial charge in [0.15, 0.2) is 0 Å². The summed E-state index contributed by atoms with van der Waals surface area (Å²) in [6.45, 7) is 0. The molecule has 0 saturated heterocycles. The quantitative estimate of drug-likeness (QED) is 0.802. The maximum Gasteiger partial charge on any atom is 0.388 e. The largest absolute Gasteiger partial charge is 0.508 e. The highest BCUT2D eigenvalue weighted by molar-refractivity contribution is 6.40. The number of alkyl halides is 3. The standard InChI is InChI=1S/C14H11BClF3NO2/c16-8-2-1-3-9(6-8)20-13(22)10-7-12(14(17,18)19)15-5-4-11(10)21/h1-4,6-7,12,21H,5H2,(H,20,22). The highest BCUT2D eigenvalue weighted by atomic mass is 35.5. The molecule has 0 aromatic heterocycles. The molecule has 1 radical (unpaired) electrons. The minimum atomic E-state index is -4.51. The number of anilines is 1. The van der Waals surface area contributed by atoms with E-state index < -0.39 is 29.2 Å². The van der Waals surface area contributed by atoms with Crippen molar-refractivity contribution in [2.24, 2.45) is 0 Å². The van der Waals surface area contributed by atoms with Gasteiger partial charge >= 0.3 is 6.18 Å². The van der Waals surface area contributed by atoms with Gasteiger partial charge in [-0.2, -0.15) is 13.2 Å². The highest BCUT2D eigenvalue weighted by Gasteiger charge is 2.39. The minimum Gasteiger partial charge on any atom is -0.508 e. The lowest BCUT2D eigenvalue weighted by Gasteiger charge is -2.15. The first-order valence-electron chi connectivity index (χ1n) is 6.35. The van der Waals surface area contributed by atoms with E-state index in [9.17, 15) is 23.1 Å². The van der Waals surface area contributed by atoms with Gasteiger partial charge in [0.25, 0.3) is 5.91 Å². The Morgan fingerprint density at radius 2 is 2.14 bits per heavy atom. The third kappa shape index (κ3) is 4.07. The van der Waals surface area contributed by atoms with E-state index in [1.54, 1.807) is 12.1 Å². The summed E-state index contributed by atoms with van der Waals surface area (Å²) in [5.74, 6) is -3.21. The third-order valence-electron chi connectivity index (χ3n) is 3.03. The second-order valence-corrected chi connectivity index (χ2v) is 5.11. The predicted octanol–water partition coefficient (Wildman–Crippen LogP) is 4.13. The van der Waals surface area contributed by atoms with Gasteiger partial charge in [0.05, 0.1) is 5.57 Å². The number of carbonyl (C=O) groups is 1. The van der Waals surface area contributed by atoms with Crippen molar-refractivity contribution in [2.45, 2.75) is 18.3 Å². The van der Waals surface area contributed by atoms with Crippen LogP contribution in [0.15, 0.2) is 47.7 Å². The first-order valence-corrected chi connectivity index (χ1v) is 6.73. The van der Waals surface area contributed by atoms with Crippen LogP contribution in [0.3, 0.4) is 0 Å². The van der Waals surface area contributed by atoms with E-state index in [4.69, 9.17) is 11.6 Å². The first kappa shape index (κ1) is 16.5. The first-order chi connectivity index (χ1) is 10.3. The van der Waals surface area contributed by atoms with Crippen LogP contribution in [0.4, 0.5) is 18.9 Å². The summed E-state index contributed by atoms with van der Waals surface area (Å²) in [6, 6.07) is 6.16. The van der Waals surface area contributed by atoms with E-state index in [-0.39, 0.29) is 6.32 Å². The molecule has 0 fully saturated rings. The second kappa shape index (κ2) is 6.48. The zero-order valence-corrected chi connectivity index (χ0v) is 11.9. The zero-order valence-electron chi connectivity index (χ0n) is 11.2. The molecular formula is C14H11BClF3NO2. The number of amides is 1. The van der Waals surface area contributed by atoms with Crippen molar-refractivity contribution in [3.63, 3.8) is 0 Å². The van der Waals surface area contributed by atoms with Crippen LogP contribution in [0.2, 0.25) is 17.2 Å². The lowest BCUT2D eigenvalue weighted by atomic mass is 9.62. The van der Waals surface area contributed by atoms with Crippen molar-refractivity contribution in [2.75, 3.05) is 5.32 Å². The van der Waals surface area contributed by atoms with Crippen LogP contribution in [0.5, 0.6) is 0 Å². The molecule has 1 atom stereocenters. The van der Waals surface area contributed by atoms with Crippen LogP contribution in [0, 0.1) is 0 Å². The number of halogens is 4. The van der Waals surface area contributed by atoms with E-state index in [0.29, 0.717) is 16.8 Å². The van der Waals surface area contributed by atoms with Crippen LogP contribution in [0.25, 0.3) is 0 Å². The molecule has 8 heteroatoms. The third-order valence-corrected chi connectivity index (χ3v) is 3.26.